The molecule has 4 aliphatic carbocycles. The highest BCUT2D eigenvalue weighted by Gasteiger charge is 2.59. The summed E-state index contributed by atoms with van der Waals surface area (Å²) in [5.74, 6) is 3.09. The molecule has 5 aliphatic rings. The van der Waals surface area contributed by atoms with Gasteiger partial charge in [-0.25, -0.2) is 0 Å². The molecule has 1 saturated heterocycles. The van der Waals surface area contributed by atoms with Gasteiger partial charge >= 0.3 is 0 Å². The van der Waals surface area contributed by atoms with Crippen molar-refractivity contribution in [3.05, 3.63) is 11.6 Å². The highest BCUT2D eigenvalue weighted by atomic mass is 16.3. The predicted molar refractivity (Wildman–Crippen MR) is 116 cm³/mol. The van der Waals surface area contributed by atoms with E-state index >= 15 is 0 Å². The second-order valence-electron chi connectivity index (χ2n) is 11.6. The number of aliphatic hydroxyl groups excluding tert-OH is 1. The summed E-state index contributed by atoms with van der Waals surface area (Å²) in [5, 5.41) is 10.2. The van der Waals surface area contributed by atoms with Crippen LogP contribution in [-0.2, 0) is 4.79 Å². The fourth-order valence-corrected chi connectivity index (χ4v) is 8.62. The SMILES string of the molecule is C[C@]12CC[C@H]3[C@H](CC=C4C[C@@H](O)CC[C@@]43C)[C@@H]1CC[C@@H]2C(=O)CN1CCCCC1. The van der Waals surface area contributed by atoms with Gasteiger partial charge in [0.15, 0.2) is 0 Å². The Morgan fingerprint density at radius 1 is 1.07 bits per heavy atom. The van der Waals surface area contributed by atoms with Gasteiger partial charge in [-0.05, 0) is 106 Å². The summed E-state index contributed by atoms with van der Waals surface area (Å²) in [5.41, 5.74) is 2.08. The lowest BCUT2D eigenvalue weighted by Gasteiger charge is -2.58. The van der Waals surface area contributed by atoms with Gasteiger partial charge in [-0.15, -0.1) is 0 Å². The number of aliphatic hydroxyl groups is 1. The third-order valence-corrected chi connectivity index (χ3v) is 10.3. The minimum absolute atomic E-state index is 0.122. The number of hydrogen-bond donors (Lipinski definition) is 1. The molecule has 1 aliphatic heterocycles. The summed E-state index contributed by atoms with van der Waals surface area (Å²) < 4.78 is 0. The molecule has 0 spiro atoms. The van der Waals surface area contributed by atoms with Gasteiger partial charge in [-0.3, -0.25) is 9.69 Å². The van der Waals surface area contributed by atoms with E-state index in [1.807, 2.05) is 0 Å². The van der Waals surface area contributed by atoms with Crippen molar-refractivity contribution in [3.63, 3.8) is 0 Å². The van der Waals surface area contributed by atoms with Gasteiger partial charge in [0, 0.05) is 5.92 Å². The van der Waals surface area contributed by atoms with Gasteiger partial charge in [0.1, 0.15) is 5.78 Å². The molecule has 4 fully saturated rings. The van der Waals surface area contributed by atoms with E-state index in [4.69, 9.17) is 0 Å². The van der Waals surface area contributed by atoms with Gasteiger partial charge in [0.25, 0.3) is 0 Å². The largest absolute Gasteiger partial charge is 0.393 e. The first kappa shape index (κ1) is 20.2. The fourth-order valence-electron chi connectivity index (χ4n) is 8.62. The van der Waals surface area contributed by atoms with Crippen LogP contribution in [0.15, 0.2) is 11.6 Å². The molecule has 0 unspecified atom stereocenters. The van der Waals surface area contributed by atoms with E-state index in [2.05, 4.69) is 24.8 Å². The number of piperidine rings is 1. The maximum absolute atomic E-state index is 13.4. The molecule has 0 aromatic carbocycles. The molecule has 7 atom stereocenters. The van der Waals surface area contributed by atoms with Crippen LogP contribution >= 0.6 is 0 Å². The first-order valence-electron chi connectivity index (χ1n) is 12.5. The molecular formula is C26H41NO2. The summed E-state index contributed by atoms with van der Waals surface area (Å²) in [6, 6.07) is 0. The molecule has 1 N–H and O–H groups in total. The van der Waals surface area contributed by atoms with Crippen LogP contribution in [0.25, 0.3) is 0 Å². The quantitative estimate of drug-likeness (QED) is 0.680. The molecule has 0 bridgehead atoms. The second kappa shape index (κ2) is 7.48. The third-order valence-electron chi connectivity index (χ3n) is 10.3. The smallest absolute Gasteiger partial charge is 0.150 e. The number of hydrogen-bond acceptors (Lipinski definition) is 3. The Balaban J connectivity index is 1.33. The Morgan fingerprint density at radius 3 is 2.66 bits per heavy atom. The molecule has 3 heteroatoms. The average Bonchev–Trinajstić information content (AvgIpc) is 3.06. The molecule has 3 nitrogen and oxygen atoms in total. The van der Waals surface area contributed by atoms with E-state index in [-0.39, 0.29) is 11.5 Å². The van der Waals surface area contributed by atoms with E-state index < -0.39 is 0 Å². The Morgan fingerprint density at radius 2 is 1.86 bits per heavy atom. The normalized spacial score (nSPS) is 47.7. The van der Waals surface area contributed by atoms with Crippen molar-refractivity contribution in [2.45, 2.75) is 90.6 Å². The maximum Gasteiger partial charge on any atom is 0.150 e. The molecule has 29 heavy (non-hydrogen) atoms. The molecule has 0 radical (unpaired) electrons. The Kier molecular flexibility index (Phi) is 5.22. The topological polar surface area (TPSA) is 40.5 Å². The van der Waals surface area contributed by atoms with Crippen molar-refractivity contribution in [3.8, 4) is 0 Å². The number of nitrogens with zero attached hydrogens (tertiary/aromatic N) is 1. The lowest BCUT2D eigenvalue weighted by Crippen LogP contribution is -2.51. The van der Waals surface area contributed by atoms with Crippen molar-refractivity contribution >= 4 is 5.78 Å². The Hall–Kier alpha value is -0.670. The van der Waals surface area contributed by atoms with Crippen LogP contribution in [0.1, 0.15) is 84.5 Å². The van der Waals surface area contributed by atoms with E-state index in [1.54, 1.807) is 5.57 Å². The predicted octanol–water partition coefficient (Wildman–Crippen LogP) is 4.98. The number of ketones is 1. The van der Waals surface area contributed by atoms with E-state index in [9.17, 15) is 9.90 Å². The zero-order valence-electron chi connectivity index (χ0n) is 18.7. The van der Waals surface area contributed by atoms with Crippen LogP contribution in [0.2, 0.25) is 0 Å². The number of allylic oxidation sites excluding steroid dienone is 1. The van der Waals surface area contributed by atoms with Crippen LogP contribution < -0.4 is 0 Å². The molecule has 3 saturated carbocycles. The van der Waals surface area contributed by atoms with Crippen LogP contribution in [-0.4, -0.2) is 41.5 Å². The number of likely N-dealkylation sites (tertiary alicyclic amines) is 1. The monoisotopic (exact) mass is 399 g/mol. The Labute approximate surface area is 177 Å². The number of Topliss-reactive ketones (excluding diaryl/α,β-unsaturated/α-hetero) is 1. The Bertz CT molecular complexity index is 680. The van der Waals surface area contributed by atoms with E-state index in [0.717, 1.165) is 56.5 Å². The minimum atomic E-state index is -0.122. The van der Waals surface area contributed by atoms with Crippen molar-refractivity contribution < 1.29 is 9.90 Å². The molecule has 0 aromatic rings. The lowest BCUT2D eigenvalue weighted by atomic mass is 9.47. The standard InChI is InChI=1S/C26H41NO2/c1-25-12-10-19(28)16-18(25)6-7-20-21-8-9-23(26(21,2)13-11-22(20)25)24(29)17-27-14-4-3-5-15-27/h6,19-23,28H,3-5,7-17H2,1-2H3/t19-,20+,21-,22-,23+,25-,26-/m0/s1. The zero-order valence-corrected chi connectivity index (χ0v) is 18.7. The average molecular weight is 400 g/mol. The number of rotatable bonds is 3. The first-order valence-corrected chi connectivity index (χ1v) is 12.5. The highest BCUT2D eigenvalue weighted by molar-refractivity contribution is 5.84. The number of carbonyl (C=O) groups is 1. The van der Waals surface area contributed by atoms with E-state index in [0.29, 0.717) is 23.7 Å². The third kappa shape index (κ3) is 3.26. The van der Waals surface area contributed by atoms with Crippen molar-refractivity contribution in [1.29, 1.82) is 0 Å². The van der Waals surface area contributed by atoms with Gasteiger partial charge in [-0.2, -0.15) is 0 Å². The second-order valence-corrected chi connectivity index (χ2v) is 11.6. The van der Waals surface area contributed by atoms with Gasteiger partial charge in [0.05, 0.1) is 12.6 Å². The molecular weight excluding hydrogens is 358 g/mol. The van der Waals surface area contributed by atoms with E-state index in [1.165, 1.54) is 44.9 Å². The lowest BCUT2D eigenvalue weighted by molar-refractivity contribution is -0.131. The molecule has 1 heterocycles. The summed E-state index contributed by atoms with van der Waals surface area (Å²) in [7, 11) is 0. The van der Waals surface area contributed by atoms with Crippen molar-refractivity contribution in [1.82, 2.24) is 4.90 Å². The number of carbonyl (C=O) groups excluding carboxylic acids is 1. The molecule has 0 amide bonds. The summed E-state index contributed by atoms with van der Waals surface area (Å²) in [4.78, 5) is 15.8. The summed E-state index contributed by atoms with van der Waals surface area (Å²) in [6.45, 7) is 7.94. The maximum atomic E-state index is 13.4. The molecule has 0 aromatic heterocycles. The first-order chi connectivity index (χ1) is 13.9. The summed E-state index contributed by atoms with van der Waals surface area (Å²) >= 11 is 0. The minimum Gasteiger partial charge on any atom is -0.393 e. The summed E-state index contributed by atoms with van der Waals surface area (Å²) in [6.07, 6.45) is 15.4. The zero-order chi connectivity index (χ0) is 20.2. The highest BCUT2D eigenvalue weighted by Crippen LogP contribution is 2.66. The van der Waals surface area contributed by atoms with Gasteiger partial charge < -0.3 is 5.11 Å². The molecule has 162 valence electrons. The van der Waals surface area contributed by atoms with Crippen molar-refractivity contribution in [2.75, 3.05) is 19.6 Å². The van der Waals surface area contributed by atoms with Gasteiger partial charge in [-0.1, -0.05) is 31.9 Å². The van der Waals surface area contributed by atoms with Crippen molar-refractivity contribution in [2.24, 2.45) is 34.5 Å². The van der Waals surface area contributed by atoms with Crippen LogP contribution in [0, 0.1) is 34.5 Å². The van der Waals surface area contributed by atoms with Gasteiger partial charge in [0.2, 0.25) is 0 Å². The molecule has 5 rings (SSSR count). The van der Waals surface area contributed by atoms with Crippen LogP contribution in [0.5, 0.6) is 0 Å². The fraction of sp³-hybridized carbons (Fsp3) is 0.885. The van der Waals surface area contributed by atoms with Crippen LogP contribution in [0.4, 0.5) is 0 Å². The van der Waals surface area contributed by atoms with Crippen LogP contribution in [0.3, 0.4) is 0 Å². The number of fused-ring (bicyclic) bond motifs is 5.